The lowest BCUT2D eigenvalue weighted by molar-refractivity contribution is 0.260. The molecule has 0 aliphatic carbocycles. The molecular weight excluding hydrogens is 471 g/mol. The van der Waals surface area contributed by atoms with Crippen LogP contribution < -0.4 is 4.74 Å². The largest absolute Gasteiger partial charge is 0.492 e. The van der Waals surface area contributed by atoms with E-state index in [1.165, 1.54) is 12.1 Å². The Labute approximate surface area is 211 Å². The van der Waals surface area contributed by atoms with Crippen LogP contribution in [0.5, 0.6) is 5.75 Å². The molecule has 184 valence electrons. The summed E-state index contributed by atoms with van der Waals surface area (Å²) in [6.45, 7) is 1.19. The fourth-order valence-corrected chi connectivity index (χ4v) is 4.22. The van der Waals surface area contributed by atoms with Crippen molar-refractivity contribution in [1.29, 1.82) is 0 Å². The van der Waals surface area contributed by atoms with Gasteiger partial charge in [-0.3, -0.25) is 20.1 Å². The monoisotopic (exact) mass is 494 g/mol. The Morgan fingerprint density at radius 1 is 0.946 bits per heavy atom. The number of aromatic nitrogens is 7. The number of hydrogen-bond acceptors (Lipinski definition) is 7. The molecular formula is C27H23FN8O. The van der Waals surface area contributed by atoms with Crippen molar-refractivity contribution in [1.82, 2.24) is 40.0 Å². The SMILES string of the molecule is CN(C)CCOc1cc(F)cc(-c2cncc3[nH]c(-c4n[nH]c5ccc(-c6cnccn6)nc45)cc23)c1. The summed E-state index contributed by atoms with van der Waals surface area (Å²) in [6, 6.07) is 10.5. The molecule has 9 nitrogen and oxygen atoms in total. The molecule has 10 heteroatoms. The number of fused-ring (bicyclic) bond motifs is 2. The van der Waals surface area contributed by atoms with Crippen molar-refractivity contribution in [2.75, 3.05) is 27.2 Å². The number of likely N-dealkylation sites (N-methyl/N-ethyl adjacent to an activating group) is 1. The molecule has 1 aromatic carbocycles. The molecule has 0 spiro atoms. The molecule has 0 unspecified atom stereocenters. The molecule has 0 amide bonds. The number of nitrogens with zero attached hydrogens (tertiary/aromatic N) is 6. The van der Waals surface area contributed by atoms with Gasteiger partial charge in [-0.15, -0.1) is 0 Å². The Bertz CT molecular complexity index is 1710. The first-order chi connectivity index (χ1) is 18.0. The Morgan fingerprint density at radius 3 is 2.70 bits per heavy atom. The fraction of sp³-hybridized carbons (Fsp3) is 0.148. The van der Waals surface area contributed by atoms with E-state index in [2.05, 4.69) is 30.1 Å². The maximum absolute atomic E-state index is 14.5. The molecule has 5 heterocycles. The maximum atomic E-state index is 14.5. The zero-order valence-electron chi connectivity index (χ0n) is 20.2. The second-order valence-corrected chi connectivity index (χ2v) is 8.91. The molecule has 5 aromatic heterocycles. The van der Waals surface area contributed by atoms with E-state index >= 15 is 0 Å². The summed E-state index contributed by atoms with van der Waals surface area (Å²) in [5.41, 5.74) is 6.55. The van der Waals surface area contributed by atoms with Gasteiger partial charge in [0.2, 0.25) is 0 Å². The third-order valence-electron chi connectivity index (χ3n) is 6.02. The number of halogens is 1. The highest BCUT2D eigenvalue weighted by molar-refractivity contribution is 6.00. The highest BCUT2D eigenvalue weighted by atomic mass is 19.1. The van der Waals surface area contributed by atoms with Crippen LogP contribution in [0.4, 0.5) is 4.39 Å². The first-order valence-electron chi connectivity index (χ1n) is 11.7. The molecule has 0 aliphatic rings. The van der Waals surface area contributed by atoms with Gasteiger partial charge in [0.05, 0.1) is 34.8 Å². The molecule has 0 bridgehead atoms. The third kappa shape index (κ3) is 4.50. The Hall–Kier alpha value is -4.70. The molecule has 6 rings (SSSR count). The summed E-state index contributed by atoms with van der Waals surface area (Å²) in [7, 11) is 3.93. The second-order valence-electron chi connectivity index (χ2n) is 8.91. The van der Waals surface area contributed by atoms with Gasteiger partial charge in [0.15, 0.2) is 0 Å². The highest BCUT2D eigenvalue weighted by Gasteiger charge is 2.16. The zero-order valence-corrected chi connectivity index (χ0v) is 20.2. The predicted octanol–water partition coefficient (Wildman–Crippen LogP) is 4.70. The van der Waals surface area contributed by atoms with E-state index in [9.17, 15) is 4.39 Å². The maximum Gasteiger partial charge on any atom is 0.135 e. The minimum absolute atomic E-state index is 0.371. The van der Waals surface area contributed by atoms with Gasteiger partial charge in [-0.25, -0.2) is 9.37 Å². The van der Waals surface area contributed by atoms with Crippen LogP contribution in [0, 0.1) is 5.82 Å². The molecule has 37 heavy (non-hydrogen) atoms. The Kier molecular flexibility index (Phi) is 5.78. The van der Waals surface area contributed by atoms with Gasteiger partial charge < -0.3 is 14.6 Å². The topological polar surface area (TPSA) is 108 Å². The summed E-state index contributed by atoms with van der Waals surface area (Å²) >= 11 is 0. The number of hydrogen-bond donors (Lipinski definition) is 2. The predicted molar refractivity (Wildman–Crippen MR) is 139 cm³/mol. The van der Waals surface area contributed by atoms with E-state index in [0.717, 1.165) is 34.2 Å². The smallest absolute Gasteiger partial charge is 0.135 e. The summed E-state index contributed by atoms with van der Waals surface area (Å²) in [5, 5.41) is 8.44. The van der Waals surface area contributed by atoms with Gasteiger partial charge in [-0.05, 0) is 50.0 Å². The van der Waals surface area contributed by atoms with Crippen molar-refractivity contribution in [3.8, 4) is 39.7 Å². The van der Waals surface area contributed by atoms with Crippen LogP contribution in [0.15, 0.2) is 67.4 Å². The summed E-state index contributed by atoms with van der Waals surface area (Å²) < 4.78 is 20.3. The molecule has 0 saturated carbocycles. The molecule has 6 aromatic rings. The van der Waals surface area contributed by atoms with Crippen LogP contribution in [0.1, 0.15) is 0 Å². The molecule has 0 fully saturated rings. The Balaban J connectivity index is 1.41. The van der Waals surface area contributed by atoms with E-state index in [1.54, 1.807) is 31.0 Å². The first kappa shape index (κ1) is 22.7. The highest BCUT2D eigenvalue weighted by Crippen LogP contribution is 2.35. The average Bonchev–Trinajstić information content (AvgIpc) is 3.52. The van der Waals surface area contributed by atoms with Crippen LogP contribution in [-0.2, 0) is 0 Å². The van der Waals surface area contributed by atoms with Gasteiger partial charge >= 0.3 is 0 Å². The summed E-state index contributed by atoms with van der Waals surface area (Å²) in [4.78, 5) is 23.1. The van der Waals surface area contributed by atoms with Crippen molar-refractivity contribution in [3.63, 3.8) is 0 Å². The van der Waals surface area contributed by atoms with E-state index < -0.39 is 0 Å². The van der Waals surface area contributed by atoms with Gasteiger partial charge in [0.25, 0.3) is 0 Å². The lowest BCUT2D eigenvalue weighted by atomic mass is 10.0. The molecule has 0 saturated heterocycles. The van der Waals surface area contributed by atoms with Crippen molar-refractivity contribution < 1.29 is 9.13 Å². The molecule has 0 atom stereocenters. The van der Waals surface area contributed by atoms with Crippen molar-refractivity contribution in [3.05, 3.63) is 73.2 Å². The van der Waals surface area contributed by atoms with Gasteiger partial charge in [0.1, 0.15) is 35.1 Å². The minimum Gasteiger partial charge on any atom is -0.492 e. The van der Waals surface area contributed by atoms with Gasteiger partial charge in [-0.2, -0.15) is 5.10 Å². The van der Waals surface area contributed by atoms with Crippen LogP contribution in [0.25, 0.3) is 55.8 Å². The van der Waals surface area contributed by atoms with E-state index in [1.807, 2.05) is 43.3 Å². The standard InChI is InChI=1S/C27H23FN8O/c1-36(2)7-8-37-18-10-16(9-17(28)11-18)20-13-30-14-24-19(20)12-23(32-24)27-26-22(34-35-27)4-3-21(33-26)25-15-29-5-6-31-25/h3-6,9-15,32H,7-8H2,1-2H3,(H,34,35). The van der Waals surface area contributed by atoms with Crippen LogP contribution in [-0.4, -0.2) is 67.3 Å². The molecule has 0 radical (unpaired) electrons. The molecule has 0 aliphatic heterocycles. The number of ether oxygens (including phenoxy) is 1. The average molecular weight is 495 g/mol. The van der Waals surface area contributed by atoms with Crippen molar-refractivity contribution >= 4 is 21.9 Å². The number of rotatable bonds is 7. The molecule has 2 N–H and O–H groups in total. The normalized spacial score (nSPS) is 11.6. The lowest BCUT2D eigenvalue weighted by Crippen LogP contribution is -2.19. The van der Waals surface area contributed by atoms with Crippen molar-refractivity contribution in [2.24, 2.45) is 0 Å². The number of pyridine rings is 2. The fourth-order valence-electron chi connectivity index (χ4n) is 4.22. The quantitative estimate of drug-likeness (QED) is 0.331. The number of H-pyrrole nitrogens is 2. The lowest BCUT2D eigenvalue weighted by Gasteiger charge is -2.12. The number of benzene rings is 1. The van der Waals surface area contributed by atoms with E-state index in [4.69, 9.17) is 9.72 Å². The Morgan fingerprint density at radius 2 is 1.86 bits per heavy atom. The van der Waals surface area contributed by atoms with Crippen LogP contribution in [0.3, 0.4) is 0 Å². The van der Waals surface area contributed by atoms with Gasteiger partial charge in [-0.1, -0.05) is 0 Å². The first-order valence-corrected chi connectivity index (χ1v) is 11.7. The van der Waals surface area contributed by atoms with Gasteiger partial charge in [0, 0.05) is 42.2 Å². The summed E-state index contributed by atoms with van der Waals surface area (Å²) in [6.07, 6.45) is 8.40. The van der Waals surface area contributed by atoms with Crippen LogP contribution >= 0.6 is 0 Å². The number of nitrogens with one attached hydrogen (secondary N) is 2. The van der Waals surface area contributed by atoms with E-state index in [-0.39, 0.29) is 5.82 Å². The number of aromatic amines is 2. The second kappa shape index (κ2) is 9.40. The summed E-state index contributed by atoms with van der Waals surface area (Å²) in [5.74, 6) is 0.104. The van der Waals surface area contributed by atoms with E-state index in [0.29, 0.717) is 40.5 Å². The van der Waals surface area contributed by atoms with Crippen LogP contribution in [0.2, 0.25) is 0 Å². The zero-order chi connectivity index (χ0) is 25.4. The van der Waals surface area contributed by atoms with Crippen molar-refractivity contribution in [2.45, 2.75) is 0 Å². The third-order valence-corrected chi connectivity index (χ3v) is 6.02. The minimum atomic E-state index is -0.371.